The molecule has 32 heavy (non-hydrogen) atoms. The number of carboxylic acids is 1. The topological polar surface area (TPSA) is 220 Å². The summed E-state index contributed by atoms with van der Waals surface area (Å²) in [6.45, 7) is 5.49. The Balaban J connectivity index is 5.47. The molecule has 10 N–H and O–H groups in total. The van der Waals surface area contributed by atoms with Crippen LogP contribution in [0.2, 0.25) is 0 Å². The number of nitrogens with two attached hydrogens (primary N) is 3. The molecule has 0 saturated heterocycles. The van der Waals surface area contributed by atoms with Gasteiger partial charge in [0.15, 0.2) is 0 Å². The largest absolute Gasteiger partial charge is 0.480 e. The lowest BCUT2D eigenvalue weighted by molar-refractivity contribution is -0.143. The zero-order chi connectivity index (χ0) is 24.8. The number of aliphatic carboxylic acids is 1. The van der Waals surface area contributed by atoms with Gasteiger partial charge in [0.05, 0.1) is 6.04 Å². The quantitative estimate of drug-likeness (QED) is 0.132. The lowest BCUT2D eigenvalue weighted by atomic mass is 10.0. The second kappa shape index (κ2) is 15.1. The standard InChI is InChI=1S/C20H38N6O6/c1-11(2)10-15(20(31)32)26-19(30)14(7-8-16(23)27)25-18(29)13(6-4-5-9-21)24-17(28)12(3)22/h11-15H,4-10,21-22H2,1-3H3,(H2,23,27)(H,24,28)(H,25,29)(H,26,30)(H,31,32). The van der Waals surface area contributed by atoms with Crippen LogP contribution in [0.3, 0.4) is 0 Å². The summed E-state index contributed by atoms with van der Waals surface area (Å²) < 4.78 is 0. The summed E-state index contributed by atoms with van der Waals surface area (Å²) in [5.41, 5.74) is 16.2. The third kappa shape index (κ3) is 12.2. The molecule has 12 nitrogen and oxygen atoms in total. The Morgan fingerprint density at radius 2 is 1.31 bits per heavy atom. The number of carbonyl (C=O) groups is 5. The van der Waals surface area contributed by atoms with E-state index < -0.39 is 53.8 Å². The first-order chi connectivity index (χ1) is 14.9. The van der Waals surface area contributed by atoms with E-state index in [4.69, 9.17) is 17.2 Å². The maximum Gasteiger partial charge on any atom is 0.326 e. The molecule has 0 aromatic carbocycles. The van der Waals surface area contributed by atoms with Crippen LogP contribution in [-0.2, 0) is 24.0 Å². The fourth-order valence-corrected chi connectivity index (χ4v) is 2.86. The van der Waals surface area contributed by atoms with Gasteiger partial charge in [0.2, 0.25) is 23.6 Å². The summed E-state index contributed by atoms with van der Waals surface area (Å²) in [5.74, 6) is -3.85. The van der Waals surface area contributed by atoms with Gasteiger partial charge in [0.1, 0.15) is 18.1 Å². The number of carboxylic acid groups (broad SMARTS) is 1. The van der Waals surface area contributed by atoms with Gasteiger partial charge in [-0.3, -0.25) is 19.2 Å². The van der Waals surface area contributed by atoms with Crippen molar-refractivity contribution >= 4 is 29.6 Å². The van der Waals surface area contributed by atoms with E-state index in [9.17, 15) is 29.1 Å². The van der Waals surface area contributed by atoms with Crippen LogP contribution in [-0.4, -0.2) is 65.4 Å². The van der Waals surface area contributed by atoms with E-state index in [1.54, 1.807) is 0 Å². The first kappa shape index (κ1) is 29.3. The highest BCUT2D eigenvalue weighted by atomic mass is 16.4. The van der Waals surface area contributed by atoms with E-state index >= 15 is 0 Å². The Kier molecular flexibility index (Phi) is 13.8. The minimum atomic E-state index is -1.21. The number of primary amides is 1. The number of unbranched alkanes of at least 4 members (excludes halogenated alkanes) is 1. The number of amides is 4. The van der Waals surface area contributed by atoms with Crippen LogP contribution in [0.1, 0.15) is 59.3 Å². The van der Waals surface area contributed by atoms with E-state index in [-0.39, 0.29) is 31.6 Å². The number of rotatable bonds is 16. The average Bonchev–Trinajstić information content (AvgIpc) is 2.68. The van der Waals surface area contributed by atoms with Crippen molar-refractivity contribution in [2.75, 3.05) is 6.54 Å². The van der Waals surface area contributed by atoms with Gasteiger partial charge in [-0.25, -0.2) is 4.79 Å². The van der Waals surface area contributed by atoms with E-state index in [0.717, 1.165) is 0 Å². The highest BCUT2D eigenvalue weighted by Crippen LogP contribution is 2.08. The van der Waals surface area contributed by atoms with Gasteiger partial charge in [0.25, 0.3) is 0 Å². The fraction of sp³-hybridized carbons (Fsp3) is 0.750. The molecule has 12 heteroatoms. The molecule has 4 atom stereocenters. The molecule has 0 aliphatic carbocycles. The smallest absolute Gasteiger partial charge is 0.326 e. The Morgan fingerprint density at radius 1 is 0.812 bits per heavy atom. The molecule has 0 spiro atoms. The predicted molar refractivity (Wildman–Crippen MR) is 118 cm³/mol. The van der Waals surface area contributed by atoms with Crippen LogP contribution in [0.25, 0.3) is 0 Å². The first-order valence-electron chi connectivity index (χ1n) is 10.8. The van der Waals surface area contributed by atoms with Crippen LogP contribution in [0.4, 0.5) is 0 Å². The van der Waals surface area contributed by atoms with Gasteiger partial charge in [-0.05, 0) is 51.5 Å². The van der Waals surface area contributed by atoms with E-state index in [1.165, 1.54) is 6.92 Å². The first-order valence-corrected chi connectivity index (χ1v) is 10.8. The Labute approximate surface area is 188 Å². The number of nitrogens with one attached hydrogen (secondary N) is 3. The van der Waals surface area contributed by atoms with Crippen molar-refractivity contribution in [3.8, 4) is 0 Å². The Hall–Kier alpha value is -2.73. The van der Waals surface area contributed by atoms with Crippen LogP contribution in [0.5, 0.6) is 0 Å². The molecular weight excluding hydrogens is 420 g/mol. The molecule has 184 valence electrons. The SMILES string of the molecule is CC(C)CC(NC(=O)C(CCC(N)=O)NC(=O)C(CCCCN)NC(=O)C(C)N)C(=O)O. The molecule has 0 aromatic rings. The van der Waals surface area contributed by atoms with Crippen molar-refractivity contribution in [2.45, 2.75) is 83.5 Å². The van der Waals surface area contributed by atoms with E-state index in [1.807, 2.05) is 13.8 Å². The van der Waals surface area contributed by atoms with Crippen molar-refractivity contribution in [1.29, 1.82) is 0 Å². The van der Waals surface area contributed by atoms with Gasteiger partial charge in [-0.15, -0.1) is 0 Å². The maximum atomic E-state index is 12.8. The molecule has 0 fully saturated rings. The van der Waals surface area contributed by atoms with Crippen molar-refractivity contribution in [1.82, 2.24) is 16.0 Å². The van der Waals surface area contributed by atoms with Gasteiger partial charge >= 0.3 is 5.97 Å². The van der Waals surface area contributed by atoms with Gasteiger partial charge < -0.3 is 38.3 Å². The summed E-state index contributed by atoms with van der Waals surface area (Å²) in [5, 5.41) is 16.8. The fourth-order valence-electron chi connectivity index (χ4n) is 2.86. The molecule has 0 rings (SSSR count). The average molecular weight is 459 g/mol. The minimum Gasteiger partial charge on any atom is -0.480 e. The summed E-state index contributed by atoms with van der Waals surface area (Å²) in [7, 11) is 0. The third-order valence-electron chi connectivity index (χ3n) is 4.63. The molecule has 0 aliphatic rings. The maximum absolute atomic E-state index is 12.8. The highest BCUT2D eigenvalue weighted by Gasteiger charge is 2.30. The van der Waals surface area contributed by atoms with Crippen LogP contribution < -0.4 is 33.2 Å². The molecule has 0 heterocycles. The van der Waals surface area contributed by atoms with Crippen LogP contribution in [0, 0.1) is 5.92 Å². The zero-order valence-electron chi connectivity index (χ0n) is 19.1. The predicted octanol–water partition coefficient (Wildman–Crippen LogP) is -1.69. The molecular formula is C20H38N6O6. The summed E-state index contributed by atoms with van der Waals surface area (Å²) >= 11 is 0. The lowest BCUT2D eigenvalue weighted by Crippen LogP contribution is -2.57. The van der Waals surface area contributed by atoms with Gasteiger partial charge in [-0.2, -0.15) is 0 Å². The Bertz CT molecular complexity index is 654. The summed E-state index contributed by atoms with van der Waals surface area (Å²) in [6, 6.07) is -4.20. The molecule has 0 bridgehead atoms. The number of carbonyl (C=O) groups excluding carboxylic acids is 4. The van der Waals surface area contributed by atoms with Crippen LogP contribution >= 0.6 is 0 Å². The third-order valence-corrected chi connectivity index (χ3v) is 4.63. The van der Waals surface area contributed by atoms with E-state index in [0.29, 0.717) is 19.4 Å². The molecule has 4 unspecified atom stereocenters. The normalized spacial score (nSPS) is 14.7. The van der Waals surface area contributed by atoms with Gasteiger partial charge in [-0.1, -0.05) is 13.8 Å². The number of hydrogen-bond donors (Lipinski definition) is 7. The minimum absolute atomic E-state index is 0.00421. The van der Waals surface area contributed by atoms with E-state index in [2.05, 4.69) is 16.0 Å². The second-order valence-electron chi connectivity index (χ2n) is 8.23. The second-order valence-corrected chi connectivity index (χ2v) is 8.23. The monoisotopic (exact) mass is 458 g/mol. The van der Waals surface area contributed by atoms with Crippen LogP contribution in [0.15, 0.2) is 0 Å². The van der Waals surface area contributed by atoms with Crippen molar-refractivity contribution in [3.05, 3.63) is 0 Å². The van der Waals surface area contributed by atoms with Crippen molar-refractivity contribution in [3.63, 3.8) is 0 Å². The van der Waals surface area contributed by atoms with Gasteiger partial charge in [0, 0.05) is 6.42 Å². The Morgan fingerprint density at radius 3 is 1.75 bits per heavy atom. The molecule has 4 amide bonds. The number of hydrogen-bond acceptors (Lipinski definition) is 7. The van der Waals surface area contributed by atoms with Crippen molar-refractivity contribution in [2.24, 2.45) is 23.1 Å². The molecule has 0 radical (unpaired) electrons. The summed E-state index contributed by atoms with van der Waals surface area (Å²) in [4.78, 5) is 60.3. The zero-order valence-corrected chi connectivity index (χ0v) is 19.1. The molecule has 0 aromatic heterocycles. The highest BCUT2D eigenvalue weighted by molar-refractivity contribution is 5.94. The lowest BCUT2D eigenvalue weighted by Gasteiger charge is -2.25. The van der Waals surface area contributed by atoms with Crippen molar-refractivity contribution < 1.29 is 29.1 Å². The molecule has 0 aliphatic heterocycles. The summed E-state index contributed by atoms with van der Waals surface area (Å²) in [6.07, 6.45) is 1.28. The molecule has 0 saturated carbocycles.